The molecule has 0 radical (unpaired) electrons. The number of benzene rings is 1. The van der Waals surface area contributed by atoms with Crippen molar-refractivity contribution in [1.82, 2.24) is 5.32 Å². The van der Waals surface area contributed by atoms with E-state index in [0.717, 1.165) is 6.92 Å². The summed E-state index contributed by atoms with van der Waals surface area (Å²) < 4.78 is 36.5. The molecule has 0 heterocycles. The first-order valence-corrected chi connectivity index (χ1v) is 4.81. The highest BCUT2D eigenvalue weighted by atomic mass is 19.4. The van der Waals surface area contributed by atoms with Crippen LogP contribution >= 0.6 is 0 Å². The normalized spacial score (nSPS) is 13.2. The molecule has 0 aliphatic rings. The Labute approximate surface area is 91.5 Å². The third-order valence-electron chi connectivity index (χ3n) is 2.16. The molecule has 0 bridgehead atoms. The van der Waals surface area contributed by atoms with E-state index in [1.807, 2.05) is 0 Å². The summed E-state index contributed by atoms with van der Waals surface area (Å²) in [6, 6.07) is 8.14. The molecule has 1 rings (SSSR count). The van der Waals surface area contributed by atoms with E-state index < -0.39 is 24.5 Å². The first kappa shape index (κ1) is 12.5. The van der Waals surface area contributed by atoms with Crippen LogP contribution in [-0.4, -0.2) is 18.6 Å². The molecule has 1 atom stereocenters. The van der Waals surface area contributed by atoms with Crippen molar-refractivity contribution in [2.24, 2.45) is 5.92 Å². The molecular weight excluding hydrogens is 219 g/mol. The summed E-state index contributed by atoms with van der Waals surface area (Å²) in [5.74, 6) is -2.03. The van der Waals surface area contributed by atoms with Gasteiger partial charge >= 0.3 is 6.18 Å². The van der Waals surface area contributed by atoms with Crippen molar-refractivity contribution in [2.45, 2.75) is 13.1 Å². The first-order valence-electron chi connectivity index (χ1n) is 4.81. The van der Waals surface area contributed by atoms with E-state index in [4.69, 9.17) is 0 Å². The predicted octanol–water partition coefficient (Wildman–Crippen LogP) is 2.61. The Morgan fingerprint density at radius 3 is 2.38 bits per heavy atom. The molecule has 5 heteroatoms. The van der Waals surface area contributed by atoms with Crippen LogP contribution in [0.3, 0.4) is 0 Å². The van der Waals surface area contributed by atoms with Crippen molar-refractivity contribution in [2.75, 3.05) is 6.54 Å². The molecular formula is C11H12F3NO. The maximum atomic E-state index is 12.2. The topological polar surface area (TPSA) is 29.1 Å². The Hall–Kier alpha value is -1.52. The van der Waals surface area contributed by atoms with Crippen LogP contribution in [-0.2, 0) is 0 Å². The molecule has 1 aromatic rings. The largest absolute Gasteiger partial charge is 0.393 e. The minimum atomic E-state index is -4.27. The van der Waals surface area contributed by atoms with E-state index in [2.05, 4.69) is 5.32 Å². The zero-order chi connectivity index (χ0) is 12.2. The van der Waals surface area contributed by atoms with Gasteiger partial charge < -0.3 is 5.32 Å². The average Bonchev–Trinajstić information content (AvgIpc) is 2.25. The van der Waals surface area contributed by atoms with Crippen molar-refractivity contribution in [3.05, 3.63) is 35.9 Å². The molecule has 0 aliphatic carbocycles. The molecule has 0 saturated carbocycles. The summed E-state index contributed by atoms with van der Waals surface area (Å²) in [5.41, 5.74) is 0.358. The standard InChI is InChI=1S/C11H12F3NO/c1-8(11(12,13)14)7-15-10(16)9-5-3-2-4-6-9/h2-6,8H,7H2,1H3,(H,15,16). The molecule has 16 heavy (non-hydrogen) atoms. The molecule has 0 aromatic heterocycles. The monoisotopic (exact) mass is 231 g/mol. The lowest BCUT2D eigenvalue weighted by atomic mass is 10.1. The van der Waals surface area contributed by atoms with Crippen LogP contribution in [0.2, 0.25) is 0 Å². The molecule has 0 fully saturated rings. The Bertz CT molecular complexity index is 348. The summed E-state index contributed by atoms with van der Waals surface area (Å²) >= 11 is 0. The van der Waals surface area contributed by atoms with Gasteiger partial charge in [-0.05, 0) is 12.1 Å². The van der Waals surface area contributed by atoms with Crippen molar-refractivity contribution >= 4 is 5.91 Å². The summed E-state index contributed by atoms with van der Waals surface area (Å²) in [6.45, 7) is 0.627. The molecule has 0 saturated heterocycles. The van der Waals surface area contributed by atoms with Crippen molar-refractivity contribution in [3.8, 4) is 0 Å². The van der Waals surface area contributed by atoms with E-state index in [9.17, 15) is 18.0 Å². The van der Waals surface area contributed by atoms with Crippen LogP contribution in [0, 0.1) is 5.92 Å². The minimum absolute atomic E-state index is 0.358. The number of hydrogen-bond acceptors (Lipinski definition) is 1. The van der Waals surface area contributed by atoms with E-state index in [0.29, 0.717) is 5.56 Å². The van der Waals surface area contributed by atoms with Crippen LogP contribution < -0.4 is 5.32 Å². The van der Waals surface area contributed by atoms with Crippen LogP contribution in [0.5, 0.6) is 0 Å². The van der Waals surface area contributed by atoms with Gasteiger partial charge in [0, 0.05) is 12.1 Å². The first-order chi connectivity index (χ1) is 7.41. The molecule has 1 N–H and O–H groups in total. The second-order valence-electron chi connectivity index (χ2n) is 3.52. The molecule has 1 unspecified atom stereocenters. The SMILES string of the molecule is CC(CNC(=O)c1ccccc1)C(F)(F)F. The Balaban J connectivity index is 2.48. The Kier molecular flexibility index (Phi) is 3.93. The number of carbonyl (C=O) groups is 1. The zero-order valence-electron chi connectivity index (χ0n) is 8.71. The van der Waals surface area contributed by atoms with Gasteiger partial charge in [-0.1, -0.05) is 25.1 Å². The fraction of sp³-hybridized carbons (Fsp3) is 0.364. The molecule has 1 amide bonds. The molecule has 0 spiro atoms. The number of hydrogen-bond donors (Lipinski definition) is 1. The molecule has 88 valence electrons. The quantitative estimate of drug-likeness (QED) is 0.851. The zero-order valence-corrected chi connectivity index (χ0v) is 8.71. The van der Waals surface area contributed by atoms with Gasteiger partial charge in [0.25, 0.3) is 5.91 Å². The third kappa shape index (κ3) is 3.56. The van der Waals surface area contributed by atoms with Gasteiger partial charge in [-0.25, -0.2) is 0 Å². The lowest BCUT2D eigenvalue weighted by Gasteiger charge is -2.15. The Morgan fingerprint density at radius 1 is 1.31 bits per heavy atom. The Morgan fingerprint density at radius 2 is 1.88 bits per heavy atom. The summed E-state index contributed by atoms with van der Waals surface area (Å²) in [6.07, 6.45) is -4.27. The van der Waals surface area contributed by atoms with E-state index >= 15 is 0 Å². The van der Waals surface area contributed by atoms with Crippen molar-refractivity contribution in [1.29, 1.82) is 0 Å². The van der Waals surface area contributed by atoms with E-state index in [1.54, 1.807) is 30.3 Å². The fourth-order valence-electron chi connectivity index (χ4n) is 1.05. The maximum absolute atomic E-state index is 12.2. The fourth-order valence-corrected chi connectivity index (χ4v) is 1.05. The second kappa shape index (κ2) is 5.01. The average molecular weight is 231 g/mol. The highest BCUT2D eigenvalue weighted by molar-refractivity contribution is 5.94. The predicted molar refractivity (Wildman–Crippen MR) is 54.0 cm³/mol. The van der Waals surface area contributed by atoms with E-state index in [1.165, 1.54) is 0 Å². The number of alkyl halides is 3. The second-order valence-corrected chi connectivity index (χ2v) is 3.52. The highest BCUT2D eigenvalue weighted by Gasteiger charge is 2.35. The van der Waals surface area contributed by atoms with Crippen LogP contribution in [0.25, 0.3) is 0 Å². The van der Waals surface area contributed by atoms with Gasteiger partial charge in [0.2, 0.25) is 0 Å². The van der Waals surface area contributed by atoms with Gasteiger partial charge in [0.05, 0.1) is 5.92 Å². The highest BCUT2D eigenvalue weighted by Crippen LogP contribution is 2.24. The minimum Gasteiger partial charge on any atom is -0.351 e. The summed E-state index contributed by atoms with van der Waals surface area (Å²) in [5, 5.41) is 2.25. The maximum Gasteiger partial charge on any atom is 0.393 e. The van der Waals surface area contributed by atoms with Crippen LogP contribution in [0.1, 0.15) is 17.3 Å². The lowest BCUT2D eigenvalue weighted by molar-refractivity contribution is -0.167. The number of amides is 1. The van der Waals surface area contributed by atoms with Gasteiger partial charge in [0.15, 0.2) is 0 Å². The summed E-state index contributed by atoms with van der Waals surface area (Å²) in [7, 11) is 0. The smallest absolute Gasteiger partial charge is 0.351 e. The number of rotatable bonds is 3. The summed E-state index contributed by atoms with van der Waals surface area (Å²) in [4.78, 5) is 11.4. The third-order valence-corrected chi connectivity index (χ3v) is 2.16. The molecule has 1 aromatic carbocycles. The van der Waals surface area contributed by atoms with Crippen molar-refractivity contribution in [3.63, 3.8) is 0 Å². The van der Waals surface area contributed by atoms with Gasteiger partial charge in [-0.15, -0.1) is 0 Å². The lowest BCUT2D eigenvalue weighted by Crippen LogP contribution is -2.34. The van der Waals surface area contributed by atoms with Crippen molar-refractivity contribution < 1.29 is 18.0 Å². The molecule has 0 aliphatic heterocycles. The number of carbonyl (C=O) groups excluding carboxylic acids is 1. The van der Waals surface area contributed by atoms with Crippen LogP contribution in [0.15, 0.2) is 30.3 Å². The van der Waals surface area contributed by atoms with Crippen LogP contribution in [0.4, 0.5) is 13.2 Å². The van der Waals surface area contributed by atoms with Gasteiger partial charge in [-0.3, -0.25) is 4.79 Å². The van der Waals surface area contributed by atoms with Gasteiger partial charge in [-0.2, -0.15) is 13.2 Å². The molecule has 2 nitrogen and oxygen atoms in total. The van der Waals surface area contributed by atoms with E-state index in [-0.39, 0.29) is 0 Å². The number of halogens is 3. The van der Waals surface area contributed by atoms with Gasteiger partial charge in [0.1, 0.15) is 0 Å². The number of nitrogens with one attached hydrogen (secondary N) is 1.